The van der Waals surface area contributed by atoms with Gasteiger partial charge in [-0.15, -0.1) is 0 Å². The van der Waals surface area contributed by atoms with Crippen LogP contribution in [0.4, 0.5) is 17.2 Å². The standard InChI is InChI=1S/C14H14N4O/c1-9-6-11(16)14(17-8-9)18-13-10(7-15)4-3-5-12(13)19-2/h3-6,8H,16H2,1-2H3,(H,17,18). The smallest absolute Gasteiger partial charge is 0.153 e. The number of aryl methyl sites for hydroxylation is 1. The van der Waals surface area contributed by atoms with Crippen molar-refractivity contribution >= 4 is 17.2 Å². The molecule has 0 atom stereocenters. The fraction of sp³-hybridized carbons (Fsp3) is 0.143. The van der Waals surface area contributed by atoms with E-state index in [-0.39, 0.29) is 0 Å². The summed E-state index contributed by atoms with van der Waals surface area (Å²) in [6, 6.07) is 9.16. The highest BCUT2D eigenvalue weighted by Gasteiger charge is 2.11. The lowest BCUT2D eigenvalue weighted by atomic mass is 10.1. The van der Waals surface area contributed by atoms with Crippen molar-refractivity contribution in [1.82, 2.24) is 4.98 Å². The highest BCUT2D eigenvalue weighted by molar-refractivity contribution is 5.76. The molecule has 0 fully saturated rings. The number of para-hydroxylation sites is 1. The maximum absolute atomic E-state index is 9.13. The predicted molar refractivity (Wildman–Crippen MR) is 74.4 cm³/mol. The molecule has 5 heteroatoms. The molecule has 0 unspecified atom stereocenters. The van der Waals surface area contributed by atoms with Gasteiger partial charge in [0.05, 0.1) is 18.4 Å². The summed E-state index contributed by atoms with van der Waals surface area (Å²) in [5.74, 6) is 1.08. The van der Waals surface area contributed by atoms with Crippen LogP contribution in [0.15, 0.2) is 30.5 Å². The average molecular weight is 254 g/mol. The molecule has 5 nitrogen and oxygen atoms in total. The van der Waals surface area contributed by atoms with Gasteiger partial charge in [0.25, 0.3) is 0 Å². The number of nitrogens with one attached hydrogen (secondary N) is 1. The van der Waals surface area contributed by atoms with E-state index >= 15 is 0 Å². The van der Waals surface area contributed by atoms with Crippen molar-refractivity contribution in [3.05, 3.63) is 41.6 Å². The van der Waals surface area contributed by atoms with Crippen LogP contribution in [0.25, 0.3) is 0 Å². The molecule has 0 saturated carbocycles. The van der Waals surface area contributed by atoms with Crippen LogP contribution in [0.2, 0.25) is 0 Å². The van der Waals surface area contributed by atoms with Gasteiger partial charge in [-0.25, -0.2) is 4.98 Å². The predicted octanol–water partition coefficient (Wildman–Crippen LogP) is 2.60. The summed E-state index contributed by atoms with van der Waals surface area (Å²) in [7, 11) is 1.55. The zero-order chi connectivity index (χ0) is 13.8. The fourth-order valence-corrected chi connectivity index (χ4v) is 1.74. The highest BCUT2D eigenvalue weighted by Crippen LogP contribution is 2.32. The third-order valence-electron chi connectivity index (χ3n) is 2.66. The van der Waals surface area contributed by atoms with Gasteiger partial charge in [0.2, 0.25) is 0 Å². The summed E-state index contributed by atoms with van der Waals surface area (Å²) < 4.78 is 5.24. The van der Waals surface area contributed by atoms with Gasteiger partial charge in [0, 0.05) is 6.20 Å². The lowest BCUT2D eigenvalue weighted by Crippen LogP contribution is -2.02. The van der Waals surface area contributed by atoms with Gasteiger partial charge in [-0.05, 0) is 30.7 Å². The normalized spacial score (nSPS) is 9.74. The van der Waals surface area contributed by atoms with Crippen LogP contribution in [0.1, 0.15) is 11.1 Å². The summed E-state index contributed by atoms with van der Waals surface area (Å²) in [4.78, 5) is 4.22. The summed E-state index contributed by atoms with van der Waals surface area (Å²) in [6.07, 6.45) is 1.71. The number of benzene rings is 1. The molecule has 1 aromatic heterocycles. The van der Waals surface area contributed by atoms with Crippen molar-refractivity contribution in [2.75, 3.05) is 18.2 Å². The van der Waals surface area contributed by atoms with Crippen molar-refractivity contribution in [2.45, 2.75) is 6.92 Å². The number of ether oxygens (including phenoxy) is 1. The van der Waals surface area contributed by atoms with E-state index in [0.717, 1.165) is 5.56 Å². The second-order valence-corrected chi connectivity index (χ2v) is 4.07. The van der Waals surface area contributed by atoms with E-state index in [1.54, 1.807) is 31.5 Å². The van der Waals surface area contributed by atoms with E-state index in [0.29, 0.717) is 28.5 Å². The van der Waals surface area contributed by atoms with Gasteiger partial charge in [-0.2, -0.15) is 5.26 Å². The maximum atomic E-state index is 9.13. The molecule has 3 N–H and O–H groups in total. The molecule has 0 radical (unpaired) electrons. The molecule has 1 aromatic carbocycles. The summed E-state index contributed by atoms with van der Waals surface area (Å²) in [6.45, 7) is 1.91. The number of aromatic nitrogens is 1. The van der Waals surface area contributed by atoms with Gasteiger partial charge in [-0.3, -0.25) is 0 Å². The number of methoxy groups -OCH3 is 1. The topological polar surface area (TPSA) is 84.0 Å². The average Bonchev–Trinajstić information content (AvgIpc) is 2.42. The van der Waals surface area contributed by atoms with E-state index < -0.39 is 0 Å². The van der Waals surface area contributed by atoms with Crippen molar-refractivity contribution in [1.29, 1.82) is 5.26 Å². The third-order valence-corrected chi connectivity index (χ3v) is 2.66. The second-order valence-electron chi connectivity index (χ2n) is 4.07. The third kappa shape index (κ3) is 2.58. The van der Waals surface area contributed by atoms with Crippen LogP contribution < -0.4 is 15.8 Å². The largest absolute Gasteiger partial charge is 0.495 e. The SMILES string of the molecule is COc1cccc(C#N)c1Nc1ncc(C)cc1N. The number of rotatable bonds is 3. The van der Waals surface area contributed by atoms with Gasteiger partial charge in [0.1, 0.15) is 17.5 Å². The molecule has 1 heterocycles. The van der Waals surface area contributed by atoms with Crippen LogP contribution >= 0.6 is 0 Å². The first-order chi connectivity index (χ1) is 9.15. The maximum Gasteiger partial charge on any atom is 0.153 e. The number of anilines is 3. The Hall–Kier alpha value is -2.74. The Morgan fingerprint density at radius 2 is 2.21 bits per heavy atom. The molecule has 96 valence electrons. The number of nitriles is 1. The summed E-state index contributed by atoms with van der Waals surface area (Å²) >= 11 is 0. The Morgan fingerprint density at radius 3 is 2.84 bits per heavy atom. The zero-order valence-corrected chi connectivity index (χ0v) is 10.8. The van der Waals surface area contributed by atoms with Gasteiger partial charge < -0.3 is 15.8 Å². The number of nitrogens with two attached hydrogens (primary N) is 1. The zero-order valence-electron chi connectivity index (χ0n) is 10.8. The molecule has 0 aliphatic rings. The van der Waals surface area contributed by atoms with E-state index in [9.17, 15) is 0 Å². The molecule has 19 heavy (non-hydrogen) atoms. The van der Waals surface area contributed by atoms with Crippen LogP contribution in [-0.2, 0) is 0 Å². The quantitative estimate of drug-likeness (QED) is 0.879. The molecular weight excluding hydrogens is 240 g/mol. The lowest BCUT2D eigenvalue weighted by Gasteiger charge is -2.13. The van der Waals surface area contributed by atoms with Crippen LogP contribution in [0, 0.1) is 18.3 Å². The van der Waals surface area contributed by atoms with E-state index in [4.69, 9.17) is 15.7 Å². The number of pyridine rings is 1. The van der Waals surface area contributed by atoms with Crippen molar-refractivity contribution in [2.24, 2.45) is 0 Å². The minimum Gasteiger partial charge on any atom is -0.495 e. The van der Waals surface area contributed by atoms with Gasteiger partial charge in [0.15, 0.2) is 5.82 Å². The molecule has 0 spiro atoms. The monoisotopic (exact) mass is 254 g/mol. The van der Waals surface area contributed by atoms with Crippen LogP contribution in [0.3, 0.4) is 0 Å². The second kappa shape index (κ2) is 5.27. The van der Waals surface area contributed by atoms with Gasteiger partial charge in [-0.1, -0.05) is 6.07 Å². The Morgan fingerprint density at radius 1 is 1.42 bits per heavy atom. The molecule has 0 bridgehead atoms. The summed E-state index contributed by atoms with van der Waals surface area (Å²) in [5, 5.41) is 12.2. The van der Waals surface area contributed by atoms with Crippen molar-refractivity contribution in [3.8, 4) is 11.8 Å². The molecule has 0 aliphatic carbocycles. The first-order valence-electron chi connectivity index (χ1n) is 5.72. The fourth-order valence-electron chi connectivity index (χ4n) is 1.74. The number of hydrogen-bond acceptors (Lipinski definition) is 5. The number of hydrogen-bond donors (Lipinski definition) is 2. The lowest BCUT2D eigenvalue weighted by molar-refractivity contribution is 0.416. The Balaban J connectivity index is 2.46. The molecular formula is C14H14N4O. The molecule has 2 rings (SSSR count). The van der Waals surface area contributed by atoms with Crippen molar-refractivity contribution in [3.63, 3.8) is 0 Å². The molecule has 0 aliphatic heterocycles. The first-order valence-corrected chi connectivity index (χ1v) is 5.72. The minimum absolute atomic E-state index is 0.473. The number of nitrogen functional groups attached to an aromatic ring is 1. The number of nitrogens with zero attached hydrogens (tertiary/aromatic N) is 2. The Bertz CT molecular complexity index is 646. The van der Waals surface area contributed by atoms with E-state index in [1.165, 1.54) is 0 Å². The van der Waals surface area contributed by atoms with E-state index in [1.807, 2.05) is 13.0 Å². The molecule has 0 saturated heterocycles. The van der Waals surface area contributed by atoms with Crippen LogP contribution in [-0.4, -0.2) is 12.1 Å². The van der Waals surface area contributed by atoms with Crippen molar-refractivity contribution < 1.29 is 4.74 Å². The molecule has 2 aromatic rings. The Kier molecular flexibility index (Phi) is 3.53. The van der Waals surface area contributed by atoms with E-state index in [2.05, 4.69) is 16.4 Å². The molecule has 0 amide bonds. The minimum atomic E-state index is 0.473. The Labute approximate surface area is 111 Å². The highest BCUT2D eigenvalue weighted by atomic mass is 16.5. The van der Waals surface area contributed by atoms with Crippen LogP contribution in [0.5, 0.6) is 5.75 Å². The first kappa shape index (κ1) is 12.7. The van der Waals surface area contributed by atoms with Gasteiger partial charge >= 0.3 is 0 Å². The summed E-state index contributed by atoms with van der Waals surface area (Å²) in [5.41, 5.74) is 8.44.